The molecular weight excluding hydrogens is 340 g/mol. The molecule has 2 fully saturated rings. The summed E-state index contributed by atoms with van der Waals surface area (Å²) in [6.07, 6.45) is 8.99. The van der Waals surface area contributed by atoms with Gasteiger partial charge in [0, 0.05) is 49.8 Å². The average Bonchev–Trinajstić information content (AvgIpc) is 3.30. The van der Waals surface area contributed by atoms with Crippen LogP contribution in [0.5, 0.6) is 0 Å². The van der Waals surface area contributed by atoms with Crippen LogP contribution in [0.4, 0.5) is 0 Å². The molecule has 1 amide bonds. The normalized spacial score (nSPS) is 24.1. The Morgan fingerprint density at radius 2 is 2.11 bits per heavy atom. The van der Waals surface area contributed by atoms with E-state index < -0.39 is 0 Å². The second-order valence-corrected chi connectivity index (χ2v) is 8.49. The van der Waals surface area contributed by atoms with Gasteiger partial charge in [-0.15, -0.1) is 0 Å². The van der Waals surface area contributed by atoms with E-state index in [4.69, 9.17) is 9.84 Å². The predicted molar refractivity (Wildman–Crippen MR) is 104 cm³/mol. The summed E-state index contributed by atoms with van der Waals surface area (Å²) in [6.45, 7) is 7.46. The molecule has 3 aliphatic rings. The van der Waals surface area contributed by atoms with E-state index in [1.165, 1.54) is 42.6 Å². The van der Waals surface area contributed by atoms with Gasteiger partial charge < -0.3 is 10.1 Å². The Morgan fingerprint density at radius 1 is 1.26 bits per heavy atom. The van der Waals surface area contributed by atoms with Gasteiger partial charge >= 0.3 is 0 Å². The van der Waals surface area contributed by atoms with Gasteiger partial charge in [0.2, 0.25) is 5.91 Å². The lowest BCUT2D eigenvalue weighted by Gasteiger charge is -2.33. The highest BCUT2D eigenvalue weighted by Gasteiger charge is 2.27. The van der Waals surface area contributed by atoms with E-state index in [2.05, 4.69) is 21.8 Å². The highest BCUT2D eigenvalue weighted by atomic mass is 16.5. The summed E-state index contributed by atoms with van der Waals surface area (Å²) in [5.74, 6) is 0.879. The molecule has 1 saturated carbocycles. The van der Waals surface area contributed by atoms with Crippen LogP contribution in [0.3, 0.4) is 0 Å². The summed E-state index contributed by atoms with van der Waals surface area (Å²) in [4.78, 5) is 14.9. The van der Waals surface area contributed by atoms with E-state index in [1.807, 2.05) is 0 Å². The highest BCUT2D eigenvalue weighted by Crippen LogP contribution is 2.27. The number of amides is 1. The fourth-order valence-electron chi connectivity index (χ4n) is 5.06. The second-order valence-electron chi connectivity index (χ2n) is 8.49. The summed E-state index contributed by atoms with van der Waals surface area (Å²) in [5.41, 5.74) is 3.83. The van der Waals surface area contributed by atoms with E-state index in [9.17, 15) is 4.79 Å². The van der Waals surface area contributed by atoms with Crippen LogP contribution in [0, 0.1) is 5.92 Å². The first-order chi connectivity index (χ1) is 13.2. The largest absolute Gasteiger partial charge is 0.376 e. The molecule has 1 aliphatic carbocycles. The van der Waals surface area contributed by atoms with Crippen molar-refractivity contribution >= 4 is 5.91 Å². The van der Waals surface area contributed by atoms with Gasteiger partial charge in [-0.25, -0.2) is 0 Å². The van der Waals surface area contributed by atoms with Gasteiger partial charge in [0.15, 0.2) is 0 Å². The highest BCUT2D eigenvalue weighted by molar-refractivity contribution is 5.76. The van der Waals surface area contributed by atoms with Crippen LogP contribution in [-0.2, 0) is 35.6 Å². The lowest BCUT2D eigenvalue weighted by atomic mass is 10.0. The van der Waals surface area contributed by atoms with Crippen LogP contribution >= 0.6 is 0 Å². The van der Waals surface area contributed by atoms with Crippen molar-refractivity contribution in [2.75, 3.05) is 19.7 Å². The number of fused-ring (bicyclic) bond motifs is 1. The van der Waals surface area contributed by atoms with Gasteiger partial charge in [0.05, 0.1) is 18.9 Å². The van der Waals surface area contributed by atoms with Crippen LogP contribution in [0.1, 0.15) is 68.8 Å². The molecule has 1 N–H and O–H groups in total. The molecule has 0 spiro atoms. The monoisotopic (exact) mass is 374 g/mol. The van der Waals surface area contributed by atoms with Crippen molar-refractivity contribution in [1.29, 1.82) is 0 Å². The number of aromatic nitrogens is 2. The first-order valence-corrected chi connectivity index (χ1v) is 10.9. The molecule has 0 radical (unpaired) electrons. The topological polar surface area (TPSA) is 59.4 Å². The number of nitrogens with zero attached hydrogens (tertiary/aromatic N) is 3. The molecule has 1 atom stereocenters. The zero-order valence-corrected chi connectivity index (χ0v) is 16.7. The molecule has 1 aromatic rings. The minimum absolute atomic E-state index is 0.259. The van der Waals surface area contributed by atoms with Gasteiger partial charge in [-0.1, -0.05) is 12.8 Å². The fraction of sp³-hybridized carbons (Fsp3) is 0.810. The predicted octanol–water partition coefficient (Wildman–Crippen LogP) is 2.64. The Balaban J connectivity index is 1.33. The summed E-state index contributed by atoms with van der Waals surface area (Å²) >= 11 is 0. The number of hydrogen-bond donors (Lipinski definition) is 1. The first kappa shape index (κ1) is 18.9. The maximum atomic E-state index is 12.4. The molecule has 1 aromatic heterocycles. The van der Waals surface area contributed by atoms with Gasteiger partial charge in [-0.3, -0.25) is 14.4 Å². The Morgan fingerprint density at radius 3 is 2.93 bits per heavy atom. The minimum Gasteiger partial charge on any atom is -0.376 e. The number of aryl methyl sites for hydroxylation is 1. The maximum Gasteiger partial charge on any atom is 0.220 e. The van der Waals surface area contributed by atoms with Crippen molar-refractivity contribution in [3.63, 3.8) is 0 Å². The Kier molecular flexibility index (Phi) is 6.13. The number of carbonyl (C=O) groups is 1. The van der Waals surface area contributed by atoms with E-state index in [0.717, 1.165) is 58.5 Å². The molecule has 0 aromatic carbocycles. The van der Waals surface area contributed by atoms with E-state index in [-0.39, 0.29) is 11.9 Å². The summed E-state index contributed by atoms with van der Waals surface area (Å²) in [6, 6.07) is 0.285. The van der Waals surface area contributed by atoms with Crippen LogP contribution < -0.4 is 5.32 Å². The molecule has 0 bridgehead atoms. The van der Waals surface area contributed by atoms with Crippen molar-refractivity contribution in [1.82, 2.24) is 20.0 Å². The third kappa shape index (κ3) is 4.54. The van der Waals surface area contributed by atoms with Crippen molar-refractivity contribution in [2.45, 2.75) is 84.0 Å². The van der Waals surface area contributed by atoms with Crippen LogP contribution in [0.25, 0.3) is 0 Å². The summed E-state index contributed by atoms with van der Waals surface area (Å²) in [7, 11) is 0. The summed E-state index contributed by atoms with van der Waals surface area (Å²) < 4.78 is 7.84. The second kappa shape index (κ2) is 8.74. The van der Waals surface area contributed by atoms with Gasteiger partial charge in [-0.05, 0) is 45.1 Å². The van der Waals surface area contributed by atoms with Crippen molar-refractivity contribution in [2.24, 2.45) is 5.92 Å². The Bertz CT molecular complexity index is 651. The molecule has 1 unspecified atom stereocenters. The zero-order chi connectivity index (χ0) is 18.6. The number of hydrogen-bond acceptors (Lipinski definition) is 4. The summed E-state index contributed by atoms with van der Waals surface area (Å²) in [5, 5.41) is 8.18. The molecular formula is C21H34N4O2. The number of carbonyl (C=O) groups excluding carboxylic acids is 1. The number of piperidine rings is 1. The molecule has 27 heavy (non-hydrogen) atoms. The van der Waals surface area contributed by atoms with Crippen LogP contribution in [0.15, 0.2) is 0 Å². The molecule has 6 nitrogen and oxygen atoms in total. The lowest BCUT2D eigenvalue weighted by molar-refractivity contribution is -0.123. The number of likely N-dealkylation sites (tertiary alicyclic amines) is 1. The molecule has 2 aliphatic heterocycles. The van der Waals surface area contributed by atoms with E-state index in [1.54, 1.807) is 0 Å². The van der Waals surface area contributed by atoms with Crippen molar-refractivity contribution in [3.8, 4) is 0 Å². The van der Waals surface area contributed by atoms with E-state index in [0.29, 0.717) is 12.5 Å². The quantitative estimate of drug-likeness (QED) is 0.832. The van der Waals surface area contributed by atoms with Gasteiger partial charge in [0.1, 0.15) is 0 Å². The smallest absolute Gasteiger partial charge is 0.220 e. The van der Waals surface area contributed by atoms with Crippen LogP contribution in [0.2, 0.25) is 0 Å². The van der Waals surface area contributed by atoms with Crippen molar-refractivity contribution < 1.29 is 9.53 Å². The lowest BCUT2D eigenvalue weighted by Crippen LogP contribution is -2.47. The number of nitrogens with one attached hydrogen (secondary N) is 1. The SMILES string of the molecule is CCn1nc(CN2CCCC(NC(=O)CC3CCCC3)C2)c2c1CCOC2. The average molecular weight is 375 g/mol. The number of rotatable bonds is 6. The zero-order valence-electron chi connectivity index (χ0n) is 16.7. The molecule has 3 heterocycles. The maximum absolute atomic E-state index is 12.4. The standard InChI is InChI=1S/C21H34N4O2/c1-2-25-20-9-11-27-15-18(20)19(23-25)14-24-10-5-8-17(13-24)22-21(26)12-16-6-3-4-7-16/h16-17H,2-15H2,1H3,(H,22,26). The Hall–Kier alpha value is -1.40. The fourth-order valence-corrected chi connectivity index (χ4v) is 5.06. The van der Waals surface area contributed by atoms with E-state index >= 15 is 0 Å². The molecule has 6 heteroatoms. The molecule has 150 valence electrons. The minimum atomic E-state index is 0.259. The third-order valence-corrected chi connectivity index (χ3v) is 6.47. The molecule has 4 rings (SSSR count). The third-order valence-electron chi connectivity index (χ3n) is 6.47. The Labute approximate surface area is 162 Å². The molecule has 1 saturated heterocycles. The van der Waals surface area contributed by atoms with Crippen LogP contribution in [-0.4, -0.2) is 46.3 Å². The van der Waals surface area contributed by atoms with Crippen molar-refractivity contribution in [3.05, 3.63) is 17.0 Å². The number of ether oxygens (including phenoxy) is 1. The first-order valence-electron chi connectivity index (χ1n) is 10.9. The van der Waals surface area contributed by atoms with Gasteiger partial charge in [0.25, 0.3) is 0 Å². The van der Waals surface area contributed by atoms with Gasteiger partial charge in [-0.2, -0.15) is 5.10 Å².